The molecule has 1 N–H and O–H groups in total. The molecule has 2 heteroatoms. The van der Waals surface area contributed by atoms with E-state index >= 15 is 0 Å². The Morgan fingerprint density at radius 2 is 1.69 bits per heavy atom. The Morgan fingerprint density at radius 3 is 2.38 bits per heavy atom. The Kier molecular flexibility index (Phi) is 10.0. The Balaban J connectivity index is 0.00000225. The lowest BCUT2D eigenvalue weighted by molar-refractivity contribution is -0.928. The average molecular weight is 231 g/mol. The maximum absolute atomic E-state index is 2.44. The fraction of sp³-hybridized carbons (Fsp3) is 1.00. The van der Waals surface area contributed by atoms with E-state index in [1.54, 1.807) is 0 Å². The number of rotatable bonds is 7. The highest BCUT2D eigenvalue weighted by Gasteiger charge is 2.20. The van der Waals surface area contributed by atoms with E-state index in [-0.39, 0.29) is 4.70 Å². The van der Waals surface area contributed by atoms with Crippen molar-refractivity contribution in [1.29, 1.82) is 0 Å². The van der Waals surface area contributed by atoms with Gasteiger partial charge in [-0.2, -0.15) is 0 Å². The van der Waals surface area contributed by atoms with E-state index in [1.165, 1.54) is 70.9 Å². The molecule has 0 bridgehead atoms. The summed E-state index contributed by atoms with van der Waals surface area (Å²) in [4.78, 5) is 1.89. The van der Waals surface area contributed by atoms with Crippen molar-refractivity contribution in [3.05, 3.63) is 0 Å². The molecule has 0 aromatic carbocycles. The molecular formula is C14H30FN. The van der Waals surface area contributed by atoms with Gasteiger partial charge in [-0.15, -0.1) is 0 Å². The molecule has 0 aromatic heterocycles. The lowest BCUT2D eigenvalue weighted by Crippen LogP contribution is -3.16. The van der Waals surface area contributed by atoms with Crippen molar-refractivity contribution in [3.8, 4) is 0 Å². The van der Waals surface area contributed by atoms with Gasteiger partial charge < -0.3 is 9.60 Å². The number of likely N-dealkylation sites (tertiary alicyclic amines) is 1. The molecule has 98 valence electrons. The average Bonchev–Trinajstić information content (AvgIpc) is 2.25. The molecule has 1 rings (SSSR count). The van der Waals surface area contributed by atoms with Gasteiger partial charge in [0, 0.05) is 0 Å². The second-order valence-electron chi connectivity index (χ2n) is 5.32. The molecule has 1 saturated heterocycles. The van der Waals surface area contributed by atoms with Crippen molar-refractivity contribution >= 4 is 0 Å². The summed E-state index contributed by atoms with van der Waals surface area (Å²) < 4.78 is 0. The number of hydrogen-bond donors (Lipinski definition) is 1. The Hall–Kier alpha value is -0.110. The van der Waals surface area contributed by atoms with Crippen LogP contribution in [0.3, 0.4) is 0 Å². The highest BCUT2D eigenvalue weighted by molar-refractivity contribution is 4.55. The molecule has 0 aromatic rings. The minimum absolute atomic E-state index is 0. The summed E-state index contributed by atoms with van der Waals surface area (Å²) in [6.45, 7) is 7.61. The zero-order valence-electron chi connectivity index (χ0n) is 11.2. The van der Waals surface area contributed by atoms with Gasteiger partial charge in [-0.1, -0.05) is 32.6 Å². The van der Waals surface area contributed by atoms with Crippen molar-refractivity contribution in [3.63, 3.8) is 0 Å². The maximum atomic E-state index is 2.44. The third kappa shape index (κ3) is 6.47. The van der Waals surface area contributed by atoms with Gasteiger partial charge in [-0.25, -0.2) is 0 Å². The molecule has 1 aliphatic heterocycles. The lowest BCUT2D eigenvalue weighted by Gasteiger charge is -2.30. The number of piperidine rings is 1. The van der Waals surface area contributed by atoms with E-state index in [0.717, 1.165) is 6.04 Å². The largest absolute Gasteiger partial charge is 1.00 e. The van der Waals surface area contributed by atoms with E-state index < -0.39 is 0 Å². The second-order valence-corrected chi connectivity index (χ2v) is 5.32. The molecule has 1 nitrogen and oxygen atoms in total. The number of unbranched alkanes of at least 4 members (excludes halogenated alkanes) is 5. The van der Waals surface area contributed by atoms with Gasteiger partial charge in [0.15, 0.2) is 0 Å². The predicted octanol–water partition coefficient (Wildman–Crippen LogP) is -0.192. The Morgan fingerprint density at radius 1 is 1.00 bits per heavy atom. The molecule has 0 amide bonds. The molecule has 0 radical (unpaired) electrons. The van der Waals surface area contributed by atoms with Gasteiger partial charge >= 0.3 is 0 Å². The van der Waals surface area contributed by atoms with Crippen molar-refractivity contribution < 1.29 is 9.60 Å². The summed E-state index contributed by atoms with van der Waals surface area (Å²) in [5, 5.41) is 0. The molecule has 0 aliphatic carbocycles. The number of nitrogens with one attached hydrogen (secondary N) is 1. The van der Waals surface area contributed by atoms with Crippen LogP contribution >= 0.6 is 0 Å². The van der Waals surface area contributed by atoms with Crippen LogP contribution < -0.4 is 9.60 Å². The smallest absolute Gasteiger partial charge is 0.0846 e. The fourth-order valence-corrected chi connectivity index (χ4v) is 2.76. The van der Waals surface area contributed by atoms with Gasteiger partial charge in [0.1, 0.15) is 0 Å². The maximum Gasteiger partial charge on any atom is 0.0846 e. The zero-order valence-corrected chi connectivity index (χ0v) is 11.2. The Labute approximate surface area is 101 Å². The molecule has 0 spiro atoms. The van der Waals surface area contributed by atoms with Gasteiger partial charge in [-0.3, -0.25) is 0 Å². The summed E-state index contributed by atoms with van der Waals surface area (Å²) in [6.07, 6.45) is 13.1. The van der Waals surface area contributed by atoms with E-state index in [1.807, 2.05) is 4.90 Å². The first kappa shape index (κ1) is 15.9. The summed E-state index contributed by atoms with van der Waals surface area (Å²) in [5.74, 6) is 0. The topological polar surface area (TPSA) is 4.44 Å². The Bertz CT molecular complexity index is 150. The summed E-state index contributed by atoms with van der Waals surface area (Å²) >= 11 is 0. The quantitative estimate of drug-likeness (QED) is 0.579. The molecule has 1 aliphatic rings. The minimum Gasteiger partial charge on any atom is -1.00 e. The van der Waals surface area contributed by atoms with E-state index in [9.17, 15) is 0 Å². The van der Waals surface area contributed by atoms with Gasteiger partial charge in [0.2, 0.25) is 0 Å². The van der Waals surface area contributed by atoms with E-state index in [0.29, 0.717) is 0 Å². The van der Waals surface area contributed by atoms with Gasteiger partial charge in [-0.05, 0) is 39.0 Å². The van der Waals surface area contributed by atoms with Gasteiger partial charge in [0.05, 0.1) is 19.1 Å². The molecule has 1 heterocycles. The molecule has 1 fully saturated rings. The van der Waals surface area contributed by atoms with Crippen molar-refractivity contribution in [2.45, 2.75) is 77.7 Å². The van der Waals surface area contributed by atoms with E-state index in [2.05, 4.69) is 13.8 Å². The molecule has 2 unspecified atom stereocenters. The van der Waals surface area contributed by atoms with Crippen molar-refractivity contribution in [2.75, 3.05) is 13.1 Å². The third-order valence-corrected chi connectivity index (χ3v) is 3.93. The van der Waals surface area contributed by atoms with Crippen LogP contribution in [0.1, 0.15) is 71.6 Å². The molecule has 0 saturated carbocycles. The SMILES string of the molecule is CCCCCCCC[NH+]1CCCCC1C.[F-]. The first-order valence-electron chi connectivity index (χ1n) is 7.19. The summed E-state index contributed by atoms with van der Waals surface area (Å²) in [7, 11) is 0. The zero-order chi connectivity index (χ0) is 10.9. The first-order valence-corrected chi connectivity index (χ1v) is 7.19. The van der Waals surface area contributed by atoms with Crippen LogP contribution in [0.4, 0.5) is 0 Å². The van der Waals surface area contributed by atoms with Gasteiger partial charge in [0.25, 0.3) is 0 Å². The normalized spacial score (nSPS) is 25.1. The summed E-state index contributed by atoms with van der Waals surface area (Å²) in [6, 6.07) is 0.939. The highest BCUT2D eigenvalue weighted by Crippen LogP contribution is 2.05. The number of halogens is 1. The lowest BCUT2D eigenvalue weighted by atomic mass is 10.0. The number of quaternary nitrogens is 1. The standard InChI is InChI=1S/C14H29N.FH/c1-3-4-5-6-7-9-12-15-13-10-8-11-14(15)2;/h14H,3-13H2,1-2H3;1H. The van der Waals surface area contributed by atoms with Crippen molar-refractivity contribution in [1.82, 2.24) is 0 Å². The van der Waals surface area contributed by atoms with Crippen LogP contribution in [0.25, 0.3) is 0 Å². The summed E-state index contributed by atoms with van der Waals surface area (Å²) in [5.41, 5.74) is 0. The second kappa shape index (κ2) is 10.1. The molecule has 2 atom stereocenters. The van der Waals surface area contributed by atoms with Crippen LogP contribution in [-0.4, -0.2) is 19.1 Å². The highest BCUT2D eigenvalue weighted by atomic mass is 19.0. The van der Waals surface area contributed by atoms with Crippen molar-refractivity contribution in [2.24, 2.45) is 0 Å². The van der Waals surface area contributed by atoms with Crippen LogP contribution in [0.2, 0.25) is 0 Å². The van der Waals surface area contributed by atoms with Crippen LogP contribution in [0, 0.1) is 0 Å². The first-order chi connectivity index (χ1) is 7.34. The monoisotopic (exact) mass is 231 g/mol. The van der Waals surface area contributed by atoms with Crippen LogP contribution in [0.15, 0.2) is 0 Å². The minimum atomic E-state index is 0. The third-order valence-electron chi connectivity index (χ3n) is 3.93. The van der Waals surface area contributed by atoms with E-state index in [4.69, 9.17) is 0 Å². The fourth-order valence-electron chi connectivity index (χ4n) is 2.76. The van der Waals surface area contributed by atoms with Crippen LogP contribution in [0.5, 0.6) is 0 Å². The predicted molar refractivity (Wildman–Crippen MR) is 67.4 cm³/mol. The number of hydrogen-bond acceptors (Lipinski definition) is 0. The molecule has 16 heavy (non-hydrogen) atoms. The molecular weight excluding hydrogens is 201 g/mol. The van der Waals surface area contributed by atoms with Crippen LogP contribution in [-0.2, 0) is 0 Å².